The van der Waals surface area contributed by atoms with Crippen molar-refractivity contribution in [2.75, 3.05) is 31.1 Å². The topological polar surface area (TPSA) is 49.6 Å². The molecule has 4 nitrogen and oxygen atoms in total. The Labute approximate surface area is 143 Å². The summed E-state index contributed by atoms with van der Waals surface area (Å²) in [5.74, 6) is 0.0301. The average molecular weight is 355 g/mol. The summed E-state index contributed by atoms with van der Waals surface area (Å²) < 4.78 is 0. The lowest BCUT2D eigenvalue weighted by molar-refractivity contribution is -0.132. The Morgan fingerprint density at radius 1 is 1.24 bits per heavy atom. The minimum atomic E-state index is -0.417. The van der Waals surface area contributed by atoms with E-state index in [9.17, 15) is 4.79 Å². The zero-order valence-corrected chi connectivity index (χ0v) is 14.6. The van der Waals surface area contributed by atoms with Crippen molar-refractivity contribution in [1.29, 1.82) is 0 Å². The minimum Gasteiger partial charge on any atom is -0.368 e. The van der Waals surface area contributed by atoms with Crippen LogP contribution in [-0.4, -0.2) is 43.0 Å². The van der Waals surface area contributed by atoms with E-state index in [1.807, 2.05) is 23.1 Å². The van der Waals surface area contributed by atoms with Gasteiger partial charge in [-0.25, -0.2) is 0 Å². The van der Waals surface area contributed by atoms with Crippen molar-refractivity contribution in [3.63, 3.8) is 0 Å². The summed E-state index contributed by atoms with van der Waals surface area (Å²) in [5, 5.41) is 0.745. The van der Waals surface area contributed by atoms with Gasteiger partial charge >= 0.3 is 0 Å². The van der Waals surface area contributed by atoms with Gasteiger partial charge in [0.05, 0.1) is 6.04 Å². The second-order valence-electron chi connectivity index (χ2n) is 5.03. The number of carbonyl (C=O) groups excluding carboxylic acids is 1. The van der Waals surface area contributed by atoms with Crippen LogP contribution >= 0.6 is 36.4 Å². The van der Waals surface area contributed by atoms with Crippen LogP contribution in [0.1, 0.15) is 12.5 Å². The standard InChI is InChI=1S/C14H20ClN3O.2ClH/c1-10-3-4-12(15)9-13(10)17-5-7-18(8-6-17)14(19)11(2)16;;/h3-4,9,11H,5-8,16H2,1-2H3;2*1H/t11-;;/m1../s1. The van der Waals surface area contributed by atoms with Gasteiger partial charge in [-0.3, -0.25) is 4.79 Å². The van der Waals surface area contributed by atoms with Gasteiger partial charge in [0.1, 0.15) is 0 Å². The molecule has 2 rings (SSSR count). The lowest BCUT2D eigenvalue weighted by Gasteiger charge is -2.37. The molecule has 0 aliphatic carbocycles. The second-order valence-corrected chi connectivity index (χ2v) is 5.47. The third-order valence-corrected chi connectivity index (χ3v) is 3.73. The molecule has 0 spiro atoms. The zero-order valence-electron chi connectivity index (χ0n) is 12.2. The Bertz CT molecular complexity index is 475. The van der Waals surface area contributed by atoms with E-state index in [0.29, 0.717) is 13.1 Å². The first-order chi connectivity index (χ1) is 8.99. The Morgan fingerprint density at radius 3 is 2.33 bits per heavy atom. The van der Waals surface area contributed by atoms with E-state index in [2.05, 4.69) is 11.8 Å². The lowest BCUT2D eigenvalue weighted by Crippen LogP contribution is -2.52. The summed E-state index contributed by atoms with van der Waals surface area (Å²) in [6.07, 6.45) is 0. The highest BCUT2D eigenvalue weighted by Crippen LogP contribution is 2.25. The monoisotopic (exact) mass is 353 g/mol. The maximum absolute atomic E-state index is 11.8. The van der Waals surface area contributed by atoms with Crippen molar-refractivity contribution in [2.45, 2.75) is 19.9 Å². The maximum Gasteiger partial charge on any atom is 0.239 e. The van der Waals surface area contributed by atoms with Crippen molar-refractivity contribution in [3.8, 4) is 0 Å². The number of amides is 1. The van der Waals surface area contributed by atoms with E-state index in [-0.39, 0.29) is 30.7 Å². The fourth-order valence-corrected chi connectivity index (χ4v) is 2.55. The van der Waals surface area contributed by atoms with Crippen LogP contribution < -0.4 is 10.6 Å². The summed E-state index contributed by atoms with van der Waals surface area (Å²) >= 11 is 6.05. The van der Waals surface area contributed by atoms with Gasteiger partial charge in [-0.15, -0.1) is 24.8 Å². The number of hydrogen-bond acceptors (Lipinski definition) is 3. The third-order valence-electron chi connectivity index (χ3n) is 3.49. The van der Waals surface area contributed by atoms with Crippen molar-refractivity contribution < 1.29 is 4.79 Å². The van der Waals surface area contributed by atoms with E-state index >= 15 is 0 Å². The minimum absolute atomic E-state index is 0. The van der Waals surface area contributed by atoms with Gasteiger partial charge in [-0.1, -0.05) is 17.7 Å². The van der Waals surface area contributed by atoms with Gasteiger partial charge in [0.2, 0.25) is 5.91 Å². The number of benzene rings is 1. The molecular weight excluding hydrogens is 333 g/mol. The number of rotatable bonds is 2. The Hall–Kier alpha value is -0.680. The van der Waals surface area contributed by atoms with Crippen LogP contribution in [-0.2, 0) is 4.79 Å². The summed E-state index contributed by atoms with van der Waals surface area (Å²) in [6, 6.07) is 5.49. The molecule has 1 aliphatic rings. The van der Waals surface area contributed by atoms with Crippen LogP contribution in [0, 0.1) is 6.92 Å². The van der Waals surface area contributed by atoms with Gasteiger partial charge < -0.3 is 15.5 Å². The van der Waals surface area contributed by atoms with E-state index in [1.165, 1.54) is 5.56 Å². The molecule has 0 unspecified atom stereocenters. The van der Waals surface area contributed by atoms with Crippen LogP contribution in [0.3, 0.4) is 0 Å². The molecule has 1 aromatic rings. The zero-order chi connectivity index (χ0) is 14.0. The SMILES string of the molecule is Cc1ccc(Cl)cc1N1CCN(C(=O)[C@@H](C)N)CC1.Cl.Cl. The molecule has 7 heteroatoms. The number of anilines is 1. The first kappa shape index (κ1) is 20.3. The van der Waals surface area contributed by atoms with Crippen LogP contribution in [0.15, 0.2) is 18.2 Å². The Kier molecular flexibility index (Phi) is 8.41. The normalized spacial score (nSPS) is 15.8. The summed E-state index contributed by atoms with van der Waals surface area (Å²) in [5.41, 5.74) is 7.99. The molecule has 1 atom stereocenters. The number of halogens is 3. The molecular formula is C14H22Cl3N3O. The fraction of sp³-hybridized carbons (Fsp3) is 0.500. The van der Waals surface area contributed by atoms with E-state index in [1.54, 1.807) is 6.92 Å². The van der Waals surface area contributed by atoms with Crippen molar-refractivity contribution >= 4 is 48.0 Å². The quantitative estimate of drug-likeness (QED) is 0.887. The van der Waals surface area contributed by atoms with Gasteiger partial charge in [0.15, 0.2) is 0 Å². The first-order valence-corrected chi connectivity index (χ1v) is 6.92. The van der Waals surface area contributed by atoms with Crippen molar-refractivity contribution in [2.24, 2.45) is 5.73 Å². The van der Waals surface area contributed by atoms with Gasteiger partial charge in [0, 0.05) is 36.9 Å². The summed E-state index contributed by atoms with van der Waals surface area (Å²) in [4.78, 5) is 15.9. The van der Waals surface area contributed by atoms with Crippen LogP contribution in [0.2, 0.25) is 5.02 Å². The third kappa shape index (κ3) is 4.92. The van der Waals surface area contributed by atoms with Crippen LogP contribution in [0.25, 0.3) is 0 Å². The molecule has 1 aliphatic heterocycles. The number of piperazine rings is 1. The molecule has 0 bridgehead atoms. The van der Waals surface area contributed by atoms with Gasteiger partial charge in [-0.05, 0) is 31.5 Å². The predicted octanol–water partition coefficient (Wildman–Crippen LogP) is 2.49. The smallest absolute Gasteiger partial charge is 0.239 e. The van der Waals surface area contributed by atoms with Crippen LogP contribution in [0.4, 0.5) is 5.69 Å². The molecule has 21 heavy (non-hydrogen) atoms. The Balaban J connectivity index is 0.00000200. The van der Waals surface area contributed by atoms with Gasteiger partial charge in [0.25, 0.3) is 0 Å². The molecule has 1 saturated heterocycles. The van der Waals surface area contributed by atoms with Gasteiger partial charge in [-0.2, -0.15) is 0 Å². The Morgan fingerprint density at radius 2 is 1.81 bits per heavy atom. The molecule has 1 aromatic carbocycles. The largest absolute Gasteiger partial charge is 0.368 e. The molecule has 0 saturated carbocycles. The molecule has 0 aromatic heterocycles. The number of aryl methyl sites for hydroxylation is 1. The lowest BCUT2D eigenvalue weighted by atomic mass is 10.1. The highest BCUT2D eigenvalue weighted by atomic mass is 35.5. The maximum atomic E-state index is 11.8. The van der Waals surface area contributed by atoms with Crippen LogP contribution in [0.5, 0.6) is 0 Å². The van der Waals surface area contributed by atoms with E-state index in [0.717, 1.165) is 23.8 Å². The second kappa shape index (κ2) is 8.69. The average Bonchev–Trinajstić information content (AvgIpc) is 2.41. The first-order valence-electron chi connectivity index (χ1n) is 6.54. The molecule has 120 valence electrons. The van der Waals surface area contributed by atoms with Crippen molar-refractivity contribution in [3.05, 3.63) is 28.8 Å². The van der Waals surface area contributed by atoms with Crippen molar-refractivity contribution in [1.82, 2.24) is 4.90 Å². The molecule has 1 heterocycles. The highest BCUT2D eigenvalue weighted by molar-refractivity contribution is 6.30. The van der Waals surface area contributed by atoms with E-state index < -0.39 is 6.04 Å². The molecule has 0 radical (unpaired) electrons. The van der Waals surface area contributed by atoms with E-state index in [4.69, 9.17) is 17.3 Å². The molecule has 1 fully saturated rings. The molecule has 2 N–H and O–H groups in total. The predicted molar refractivity (Wildman–Crippen MR) is 93.1 cm³/mol. The molecule has 1 amide bonds. The summed E-state index contributed by atoms with van der Waals surface area (Å²) in [7, 11) is 0. The fourth-order valence-electron chi connectivity index (χ4n) is 2.38. The highest BCUT2D eigenvalue weighted by Gasteiger charge is 2.23. The number of carbonyl (C=O) groups is 1. The number of nitrogens with two attached hydrogens (primary N) is 1. The number of hydrogen-bond donors (Lipinski definition) is 1. The summed E-state index contributed by atoms with van der Waals surface area (Å²) in [6.45, 7) is 6.87. The number of nitrogens with zero attached hydrogens (tertiary/aromatic N) is 2.